The topological polar surface area (TPSA) is 119 Å². The Morgan fingerprint density at radius 1 is 1.17 bits per heavy atom. The molecule has 1 aliphatic heterocycles. The number of anilines is 1. The molecule has 2 aromatic carbocycles. The Kier molecular flexibility index (Phi) is 11.3. The van der Waals surface area contributed by atoms with E-state index in [-0.39, 0.29) is 48.7 Å². The monoisotopic (exact) mass is 588 g/mol. The number of nitrogens with one attached hydrogen (secondary N) is 1. The van der Waals surface area contributed by atoms with Crippen molar-refractivity contribution in [2.45, 2.75) is 57.1 Å². The maximum absolute atomic E-state index is 13.4. The number of likely N-dealkylation sites (N-methyl/N-ethyl adjacent to an activating group) is 1. The third kappa shape index (κ3) is 8.75. The van der Waals surface area contributed by atoms with Crippen LogP contribution in [0.4, 0.5) is 5.69 Å². The third-order valence-electron chi connectivity index (χ3n) is 7.38. The summed E-state index contributed by atoms with van der Waals surface area (Å²) < 4.78 is 34.4. The third-order valence-corrected chi connectivity index (χ3v) is 9.21. The van der Waals surface area contributed by atoms with Crippen molar-refractivity contribution < 1.29 is 27.9 Å². The second kappa shape index (κ2) is 14.3. The summed E-state index contributed by atoms with van der Waals surface area (Å²) in [5.41, 5.74) is 2.10. The first-order valence-corrected chi connectivity index (χ1v) is 15.4. The molecule has 2 amide bonds. The van der Waals surface area contributed by atoms with E-state index in [1.165, 1.54) is 11.4 Å². The number of amides is 2. The highest BCUT2D eigenvalue weighted by Gasteiger charge is 2.33. The zero-order valence-corrected chi connectivity index (χ0v) is 25.8. The Morgan fingerprint density at radius 3 is 2.49 bits per heavy atom. The average Bonchev–Trinajstić information content (AvgIpc) is 2.95. The van der Waals surface area contributed by atoms with E-state index in [1.807, 2.05) is 32.8 Å². The van der Waals surface area contributed by atoms with Crippen molar-refractivity contribution in [1.29, 1.82) is 0 Å². The maximum Gasteiger partial charge on any atom is 0.242 e. The fourth-order valence-electron chi connectivity index (χ4n) is 4.75. The van der Waals surface area contributed by atoms with Gasteiger partial charge >= 0.3 is 0 Å². The van der Waals surface area contributed by atoms with Crippen molar-refractivity contribution in [2.75, 3.05) is 52.7 Å². The molecule has 2 aromatic rings. The fourth-order valence-corrected chi connectivity index (χ4v) is 5.93. The zero-order valence-electron chi connectivity index (χ0n) is 25.0. The lowest BCUT2D eigenvalue weighted by molar-refractivity contribution is -0.134. The quantitative estimate of drug-likeness (QED) is 0.414. The number of carbonyl (C=O) groups is 2. The summed E-state index contributed by atoms with van der Waals surface area (Å²) in [4.78, 5) is 29.8. The number of benzene rings is 2. The van der Waals surface area contributed by atoms with Crippen molar-refractivity contribution >= 4 is 27.5 Å². The Morgan fingerprint density at radius 2 is 1.85 bits per heavy atom. The number of hydrogen-bond donors (Lipinski definition) is 2. The first-order valence-electron chi connectivity index (χ1n) is 14.0. The predicted octanol–water partition coefficient (Wildman–Crippen LogP) is 2.75. The van der Waals surface area contributed by atoms with Crippen LogP contribution < -0.4 is 10.1 Å². The van der Waals surface area contributed by atoms with Gasteiger partial charge in [-0.2, -0.15) is 4.31 Å². The van der Waals surface area contributed by atoms with E-state index in [1.54, 1.807) is 54.3 Å². The van der Waals surface area contributed by atoms with Crippen LogP contribution in [0, 0.1) is 12.8 Å². The van der Waals surface area contributed by atoms with Gasteiger partial charge in [-0.05, 0) is 71.2 Å². The molecule has 0 radical (unpaired) electrons. The molecule has 0 aliphatic carbocycles. The molecule has 3 rings (SSSR count). The number of fused-ring (bicyclic) bond motifs is 1. The molecule has 0 saturated heterocycles. The lowest BCUT2D eigenvalue weighted by Gasteiger charge is -2.33. The van der Waals surface area contributed by atoms with Gasteiger partial charge in [0, 0.05) is 37.2 Å². The smallest absolute Gasteiger partial charge is 0.242 e. The number of hydrogen-bond acceptors (Lipinski definition) is 7. The lowest BCUT2D eigenvalue weighted by atomic mass is 10.0. The number of rotatable bonds is 11. The van der Waals surface area contributed by atoms with Crippen molar-refractivity contribution in [2.24, 2.45) is 5.92 Å². The number of carbonyl (C=O) groups excluding carboxylic acids is 2. The summed E-state index contributed by atoms with van der Waals surface area (Å²) in [6, 6.07) is 11.4. The van der Waals surface area contributed by atoms with Crippen LogP contribution >= 0.6 is 0 Å². The van der Waals surface area contributed by atoms with Crippen LogP contribution in [0.3, 0.4) is 0 Å². The number of aliphatic hydroxyl groups is 1. The Hall–Kier alpha value is -2.99. The minimum Gasteiger partial charge on any atom is -0.488 e. The SMILES string of the molecule is Cc1ccc(S(=O)(=O)N(C)C[C@@H]2Oc3ccc(NC(=O)CCCN(C)C)cc3CC(=O)N([C@@H](C)CO)C[C@H]2C)cc1. The molecular weight excluding hydrogens is 544 g/mol. The first kappa shape index (κ1) is 32.5. The summed E-state index contributed by atoms with van der Waals surface area (Å²) in [6.07, 6.45) is 0.511. The molecule has 41 heavy (non-hydrogen) atoms. The predicted molar refractivity (Wildman–Crippen MR) is 159 cm³/mol. The second-order valence-electron chi connectivity index (χ2n) is 11.3. The van der Waals surface area contributed by atoms with Gasteiger partial charge < -0.3 is 25.0 Å². The number of aryl methyl sites for hydroxylation is 1. The minimum atomic E-state index is -3.78. The van der Waals surface area contributed by atoms with Crippen molar-refractivity contribution in [3.8, 4) is 5.75 Å². The number of sulfonamides is 1. The largest absolute Gasteiger partial charge is 0.488 e. The lowest BCUT2D eigenvalue weighted by Crippen LogP contribution is -2.48. The summed E-state index contributed by atoms with van der Waals surface area (Å²) in [5.74, 6) is -0.0999. The Labute approximate surface area is 244 Å². The van der Waals surface area contributed by atoms with Crippen LogP contribution in [0.25, 0.3) is 0 Å². The molecule has 3 atom stereocenters. The fraction of sp³-hybridized carbons (Fsp3) is 0.533. The molecule has 0 bridgehead atoms. The number of ether oxygens (including phenoxy) is 1. The maximum atomic E-state index is 13.4. The summed E-state index contributed by atoms with van der Waals surface area (Å²) in [6.45, 7) is 6.51. The summed E-state index contributed by atoms with van der Waals surface area (Å²) in [7, 11) is 1.65. The molecular formula is C30H44N4O6S. The standard InChI is InChI=1S/C30H44N4O6S/c1-21-9-12-26(13-10-21)41(38,39)33(6)19-28-22(2)18-34(23(3)20-35)30(37)17-24-16-25(11-14-27(24)40-28)31-29(36)8-7-15-32(4)5/h9-14,16,22-23,28,35H,7-8,15,17-20H2,1-6H3,(H,31,36)/t22-,23+,28+/m1/s1. The van der Waals surface area contributed by atoms with Crippen LogP contribution in [0.2, 0.25) is 0 Å². The van der Waals surface area contributed by atoms with E-state index in [2.05, 4.69) is 5.32 Å². The normalized spacial score (nSPS) is 18.8. The summed E-state index contributed by atoms with van der Waals surface area (Å²) in [5, 5.41) is 12.8. The molecule has 0 unspecified atom stereocenters. The van der Waals surface area contributed by atoms with E-state index in [9.17, 15) is 23.1 Å². The second-order valence-corrected chi connectivity index (χ2v) is 13.3. The molecule has 1 heterocycles. The molecule has 10 nitrogen and oxygen atoms in total. The van der Waals surface area contributed by atoms with Crippen LogP contribution in [0.1, 0.15) is 37.8 Å². The van der Waals surface area contributed by atoms with E-state index < -0.39 is 22.2 Å². The van der Waals surface area contributed by atoms with Gasteiger partial charge in [0.25, 0.3) is 0 Å². The molecule has 0 saturated carbocycles. The van der Waals surface area contributed by atoms with Gasteiger partial charge in [-0.25, -0.2) is 8.42 Å². The van der Waals surface area contributed by atoms with Crippen LogP contribution in [-0.4, -0.2) is 99.0 Å². The molecule has 2 N–H and O–H groups in total. The molecule has 11 heteroatoms. The molecule has 226 valence electrons. The van der Waals surface area contributed by atoms with E-state index >= 15 is 0 Å². The summed E-state index contributed by atoms with van der Waals surface area (Å²) >= 11 is 0. The van der Waals surface area contributed by atoms with Gasteiger partial charge in [-0.15, -0.1) is 0 Å². The highest BCUT2D eigenvalue weighted by molar-refractivity contribution is 7.89. The van der Waals surface area contributed by atoms with E-state index in [0.717, 1.165) is 18.5 Å². The van der Waals surface area contributed by atoms with E-state index in [0.29, 0.717) is 23.4 Å². The van der Waals surface area contributed by atoms with Gasteiger partial charge in [-0.3, -0.25) is 9.59 Å². The molecule has 0 aromatic heterocycles. The number of aliphatic hydroxyl groups excluding tert-OH is 1. The van der Waals surface area contributed by atoms with Crippen molar-refractivity contribution in [3.63, 3.8) is 0 Å². The van der Waals surface area contributed by atoms with Gasteiger partial charge in [0.05, 0.1) is 30.5 Å². The Bertz CT molecular complexity index is 1300. The first-order chi connectivity index (χ1) is 19.3. The molecule has 1 aliphatic rings. The minimum absolute atomic E-state index is 0.0148. The van der Waals surface area contributed by atoms with Gasteiger partial charge in [0.15, 0.2) is 0 Å². The van der Waals surface area contributed by atoms with Gasteiger partial charge in [-0.1, -0.05) is 24.6 Å². The molecule has 0 fully saturated rings. The zero-order chi connectivity index (χ0) is 30.3. The van der Waals surface area contributed by atoms with Crippen molar-refractivity contribution in [1.82, 2.24) is 14.1 Å². The highest BCUT2D eigenvalue weighted by Crippen LogP contribution is 2.30. The highest BCUT2D eigenvalue weighted by atomic mass is 32.2. The van der Waals surface area contributed by atoms with Gasteiger partial charge in [0.2, 0.25) is 21.8 Å². The van der Waals surface area contributed by atoms with Crippen LogP contribution in [-0.2, 0) is 26.0 Å². The van der Waals surface area contributed by atoms with E-state index in [4.69, 9.17) is 4.74 Å². The number of nitrogens with zero attached hydrogens (tertiary/aromatic N) is 3. The van der Waals surface area contributed by atoms with Crippen LogP contribution in [0.5, 0.6) is 5.75 Å². The molecule has 0 spiro atoms. The Balaban J connectivity index is 1.90. The van der Waals surface area contributed by atoms with Gasteiger partial charge in [0.1, 0.15) is 11.9 Å². The van der Waals surface area contributed by atoms with Crippen LogP contribution in [0.15, 0.2) is 47.4 Å². The average molecular weight is 589 g/mol. The van der Waals surface area contributed by atoms with Crippen molar-refractivity contribution in [3.05, 3.63) is 53.6 Å².